The third-order valence-corrected chi connectivity index (χ3v) is 3.68. The Morgan fingerprint density at radius 2 is 1.92 bits per heavy atom. The average molecular weight is 336 g/mol. The molecule has 3 rings (SSSR count). The Kier molecular flexibility index (Phi) is 4.74. The third kappa shape index (κ3) is 4.20. The van der Waals surface area contributed by atoms with E-state index < -0.39 is 0 Å². The van der Waals surface area contributed by atoms with E-state index in [0.717, 1.165) is 22.5 Å². The molecule has 0 saturated carbocycles. The molecule has 0 aliphatic carbocycles. The van der Waals surface area contributed by atoms with E-state index in [1.807, 2.05) is 74.4 Å². The maximum Gasteiger partial charge on any atom is 0.248 e. The van der Waals surface area contributed by atoms with Gasteiger partial charge in [0.05, 0.1) is 0 Å². The van der Waals surface area contributed by atoms with Crippen LogP contribution in [0.2, 0.25) is 0 Å². The van der Waals surface area contributed by atoms with Crippen molar-refractivity contribution in [3.8, 4) is 11.4 Å². The Morgan fingerprint density at radius 1 is 1.16 bits per heavy atom. The lowest BCUT2D eigenvalue weighted by atomic mass is 10.2. The Hall–Kier alpha value is -3.22. The highest BCUT2D eigenvalue weighted by Gasteiger charge is 2.10. The highest BCUT2D eigenvalue weighted by molar-refractivity contribution is 5.90. The second-order valence-electron chi connectivity index (χ2n) is 6.00. The minimum absolute atomic E-state index is 0.0106. The zero-order valence-corrected chi connectivity index (χ0v) is 14.5. The number of amides is 1. The van der Waals surface area contributed by atoms with Crippen molar-refractivity contribution in [1.82, 2.24) is 20.2 Å². The fourth-order valence-corrected chi connectivity index (χ4v) is 2.39. The number of hydrogen-bond acceptors (Lipinski definition) is 5. The van der Waals surface area contributed by atoms with E-state index in [0.29, 0.717) is 5.82 Å². The average Bonchev–Trinajstić information content (AvgIpc) is 3.03. The minimum Gasteiger partial charge on any atom is -0.378 e. The van der Waals surface area contributed by atoms with Crippen LogP contribution in [-0.2, 0) is 11.3 Å². The number of anilines is 2. The maximum atomic E-state index is 12.1. The summed E-state index contributed by atoms with van der Waals surface area (Å²) in [5, 5.41) is 15.1. The van der Waals surface area contributed by atoms with E-state index in [4.69, 9.17) is 0 Å². The first kappa shape index (κ1) is 16.6. The van der Waals surface area contributed by atoms with Gasteiger partial charge in [0, 0.05) is 31.0 Å². The summed E-state index contributed by atoms with van der Waals surface area (Å²) in [5.41, 5.74) is 3.79. The number of carbonyl (C=O) groups excluding carboxylic acids is 1. The second-order valence-corrected chi connectivity index (χ2v) is 6.00. The summed E-state index contributed by atoms with van der Waals surface area (Å²) in [6, 6.07) is 15.5. The largest absolute Gasteiger partial charge is 0.378 e. The molecule has 7 heteroatoms. The van der Waals surface area contributed by atoms with E-state index in [1.54, 1.807) is 0 Å². The first-order valence-corrected chi connectivity index (χ1v) is 7.93. The quantitative estimate of drug-likeness (QED) is 0.774. The van der Waals surface area contributed by atoms with E-state index in [2.05, 4.69) is 20.7 Å². The molecule has 2 aromatic carbocycles. The minimum atomic E-state index is -0.197. The summed E-state index contributed by atoms with van der Waals surface area (Å²) in [4.78, 5) is 15.4. The molecule has 128 valence electrons. The second kappa shape index (κ2) is 7.12. The monoisotopic (exact) mass is 336 g/mol. The molecule has 1 N–H and O–H groups in total. The van der Waals surface area contributed by atoms with E-state index in [9.17, 15) is 4.79 Å². The molecule has 3 aromatic rings. The van der Waals surface area contributed by atoms with Crippen LogP contribution in [0.5, 0.6) is 0 Å². The van der Waals surface area contributed by atoms with Gasteiger partial charge < -0.3 is 10.2 Å². The Labute approximate surface area is 146 Å². The number of rotatable bonds is 5. The van der Waals surface area contributed by atoms with Gasteiger partial charge in [-0.15, -0.1) is 10.2 Å². The number of benzene rings is 2. The van der Waals surface area contributed by atoms with Crippen LogP contribution in [0.25, 0.3) is 11.4 Å². The van der Waals surface area contributed by atoms with E-state index in [1.165, 1.54) is 4.80 Å². The first-order valence-electron chi connectivity index (χ1n) is 7.93. The molecule has 0 aliphatic heterocycles. The van der Waals surface area contributed by atoms with Crippen LogP contribution >= 0.6 is 0 Å². The zero-order chi connectivity index (χ0) is 17.8. The van der Waals surface area contributed by atoms with Crippen molar-refractivity contribution in [2.24, 2.45) is 0 Å². The molecule has 1 amide bonds. The smallest absolute Gasteiger partial charge is 0.248 e. The fourth-order valence-electron chi connectivity index (χ4n) is 2.39. The molecular formula is C18H20N6O. The molecule has 25 heavy (non-hydrogen) atoms. The molecule has 0 unspecified atom stereocenters. The van der Waals surface area contributed by atoms with Gasteiger partial charge in [-0.25, -0.2) is 0 Å². The lowest BCUT2D eigenvalue weighted by molar-refractivity contribution is -0.117. The molecular weight excluding hydrogens is 316 g/mol. The molecule has 0 aliphatic rings. The van der Waals surface area contributed by atoms with Gasteiger partial charge >= 0.3 is 0 Å². The lowest BCUT2D eigenvalue weighted by Gasteiger charge is -2.11. The summed E-state index contributed by atoms with van der Waals surface area (Å²) in [6.07, 6.45) is 0. The summed E-state index contributed by atoms with van der Waals surface area (Å²) >= 11 is 0. The highest BCUT2D eigenvalue weighted by atomic mass is 16.2. The van der Waals surface area contributed by atoms with Gasteiger partial charge in [0.1, 0.15) is 6.54 Å². The van der Waals surface area contributed by atoms with Crippen LogP contribution in [0.1, 0.15) is 5.56 Å². The van der Waals surface area contributed by atoms with Crippen LogP contribution in [-0.4, -0.2) is 40.2 Å². The molecule has 0 radical (unpaired) electrons. The van der Waals surface area contributed by atoms with Crippen LogP contribution in [0, 0.1) is 6.92 Å². The molecule has 0 saturated heterocycles. The molecule has 0 bridgehead atoms. The summed E-state index contributed by atoms with van der Waals surface area (Å²) in [6.45, 7) is 1.99. The Balaban J connectivity index is 1.66. The number of aromatic nitrogens is 4. The number of tetrazole rings is 1. The van der Waals surface area contributed by atoms with Gasteiger partial charge in [0.2, 0.25) is 11.7 Å². The van der Waals surface area contributed by atoms with Crippen LogP contribution in [0.4, 0.5) is 11.4 Å². The van der Waals surface area contributed by atoms with Crippen molar-refractivity contribution in [3.63, 3.8) is 0 Å². The van der Waals surface area contributed by atoms with Gasteiger partial charge in [-0.1, -0.05) is 12.1 Å². The van der Waals surface area contributed by atoms with Gasteiger partial charge in [-0.2, -0.15) is 4.80 Å². The first-order chi connectivity index (χ1) is 12.0. The standard InChI is InChI=1S/C18H20N6O/c1-13-5-4-6-15(11-13)19-17(25)12-24-21-18(20-22-24)14-7-9-16(10-8-14)23(2)3/h4-11H,12H2,1-3H3,(H,19,25). The number of hydrogen-bond donors (Lipinski definition) is 1. The maximum absolute atomic E-state index is 12.1. The topological polar surface area (TPSA) is 75.9 Å². The van der Waals surface area contributed by atoms with Crippen molar-refractivity contribution < 1.29 is 4.79 Å². The van der Waals surface area contributed by atoms with Crippen molar-refractivity contribution in [1.29, 1.82) is 0 Å². The van der Waals surface area contributed by atoms with Crippen molar-refractivity contribution in [3.05, 3.63) is 54.1 Å². The SMILES string of the molecule is Cc1cccc(NC(=O)Cn2nnc(-c3ccc(N(C)C)cc3)n2)c1. The van der Waals surface area contributed by atoms with Crippen LogP contribution in [0.3, 0.4) is 0 Å². The molecule has 0 spiro atoms. The molecule has 1 aromatic heterocycles. The summed E-state index contributed by atoms with van der Waals surface area (Å²) < 4.78 is 0. The van der Waals surface area contributed by atoms with Crippen LogP contribution in [0.15, 0.2) is 48.5 Å². The molecule has 7 nitrogen and oxygen atoms in total. The predicted octanol–water partition coefficient (Wildman–Crippen LogP) is 2.35. The third-order valence-electron chi connectivity index (χ3n) is 3.68. The van der Waals surface area contributed by atoms with Gasteiger partial charge in [-0.05, 0) is 54.1 Å². The number of carbonyl (C=O) groups is 1. The molecule has 1 heterocycles. The Bertz CT molecular complexity index is 869. The number of nitrogens with one attached hydrogen (secondary N) is 1. The normalized spacial score (nSPS) is 10.5. The van der Waals surface area contributed by atoms with E-state index >= 15 is 0 Å². The lowest BCUT2D eigenvalue weighted by Crippen LogP contribution is -2.20. The van der Waals surface area contributed by atoms with E-state index in [-0.39, 0.29) is 12.5 Å². The van der Waals surface area contributed by atoms with Crippen molar-refractivity contribution in [2.45, 2.75) is 13.5 Å². The summed E-state index contributed by atoms with van der Waals surface area (Å²) in [7, 11) is 3.97. The molecule has 0 atom stereocenters. The predicted molar refractivity (Wildman–Crippen MR) is 97.4 cm³/mol. The zero-order valence-electron chi connectivity index (χ0n) is 14.5. The highest BCUT2D eigenvalue weighted by Crippen LogP contribution is 2.18. The van der Waals surface area contributed by atoms with Crippen molar-refractivity contribution >= 4 is 17.3 Å². The summed E-state index contributed by atoms with van der Waals surface area (Å²) in [5.74, 6) is 0.297. The molecule has 0 fully saturated rings. The van der Waals surface area contributed by atoms with Gasteiger partial charge in [-0.3, -0.25) is 4.79 Å². The number of aryl methyl sites for hydroxylation is 1. The number of nitrogens with zero attached hydrogens (tertiary/aromatic N) is 5. The van der Waals surface area contributed by atoms with Crippen LogP contribution < -0.4 is 10.2 Å². The van der Waals surface area contributed by atoms with Crippen molar-refractivity contribution in [2.75, 3.05) is 24.3 Å². The Morgan fingerprint density at radius 3 is 2.60 bits per heavy atom. The van der Waals surface area contributed by atoms with Gasteiger partial charge in [0.25, 0.3) is 0 Å². The fraction of sp³-hybridized carbons (Fsp3) is 0.222. The van der Waals surface area contributed by atoms with Gasteiger partial charge in [0.15, 0.2) is 0 Å².